The van der Waals surface area contributed by atoms with Crippen LogP contribution in [0.25, 0.3) is 0 Å². The van der Waals surface area contributed by atoms with Crippen LogP contribution in [0.4, 0.5) is 21.9 Å². The Morgan fingerprint density at radius 3 is 2.43 bits per heavy atom. The lowest BCUT2D eigenvalue weighted by molar-refractivity contribution is -0.384. The molecule has 0 unspecified atom stereocenters. The number of nitro groups is 1. The molecular weight excluding hydrogens is 298 g/mol. The van der Waals surface area contributed by atoms with Gasteiger partial charge in [-0.05, 0) is 39.0 Å². The van der Waals surface area contributed by atoms with Gasteiger partial charge in [-0.3, -0.25) is 15.1 Å². The normalized spacial score (nSPS) is 10.9. The van der Waals surface area contributed by atoms with Gasteiger partial charge in [0.1, 0.15) is 17.5 Å². The number of carbonyl (C=O) groups is 1. The molecule has 1 aromatic heterocycles. The Morgan fingerprint density at radius 2 is 1.87 bits per heavy atom. The van der Waals surface area contributed by atoms with Crippen molar-refractivity contribution in [1.82, 2.24) is 4.98 Å². The second kappa shape index (κ2) is 6.43. The van der Waals surface area contributed by atoms with E-state index in [1.165, 1.54) is 17.2 Å². The molecule has 0 fully saturated rings. The Hall–Kier alpha value is -2.96. The van der Waals surface area contributed by atoms with E-state index in [1.807, 2.05) is 0 Å². The lowest BCUT2D eigenvalue weighted by Gasteiger charge is -2.27. The van der Waals surface area contributed by atoms with Crippen LogP contribution in [-0.2, 0) is 4.74 Å². The van der Waals surface area contributed by atoms with Crippen LogP contribution >= 0.6 is 0 Å². The van der Waals surface area contributed by atoms with Crippen molar-refractivity contribution in [1.29, 1.82) is 0 Å². The van der Waals surface area contributed by atoms with Crippen LogP contribution in [0.15, 0.2) is 48.8 Å². The first-order valence-corrected chi connectivity index (χ1v) is 6.96. The van der Waals surface area contributed by atoms with Crippen molar-refractivity contribution in [3.63, 3.8) is 0 Å². The zero-order valence-electron chi connectivity index (χ0n) is 13.1. The summed E-state index contributed by atoms with van der Waals surface area (Å²) in [6.07, 6.45) is 1.80. The Bertz CT molecular complexity index is 711. The van der Waals surface area contributed by atoms with Gasteiger partial charge in [0.2, 0.25) is 0 Å². The predicted octanol–water partition coefficient (Wildman–Crippen LogP) is 4.06. The maximum absolute atomic E-state index is 12.6. The Kier molecular flexibility index (Phi) is 4.59. The minimum atomic E-state index is -0.730. The van der Waals surface area contributed by atoms with E-state index in [1.54, 1.807) is 51.1 Å². The van der Waals surface area contributed by atoms with Crippen LogP contribution in [0.3, 0.4) is 0 Å². The molecule has 0 saturated heterocycles. The number of ether oxygens (including phenoxy) is 1. The molecule has 1 amide bonds. The molecule has 0 aliphatic carbocycles. The van der Waals surface area contributed by atoms with Crippen LogP contribution in [0.5, 0.6) is 0 Å². The number of aromatic nitrogens is 1. The third-order valence-corrected chi connectivity index (χ3v) is 2.81. The molecular formula is C16H17N3O4. The predicted molar refractivity (Wildman–Crippen MR) is 85.7 cm³/mol. The molecule has 120 valence electrons. The van der Waals surface area contributed by atoms with Crippen LogP contribution < -0.4 is 4.90 Å². The molecule has 1 heterocycles. The van der Waals surface area contributed by atoms with E-state index in [0.717, 1.165) is 6.20 Å². The summed E-state index contributed by atoms with van der Waals surface area (Å²) in [6, 6.07) is 10.0. The van der Waals surface area contributed by atoms with Gasteiger partial charge in [-0.15, -0.1) is 0 Å². The van der Waals surface area contributed by atoms with Crippen molar-refractivity contribution in [2.75, 3.05) is 4.90 Å². The number of hydrogen-bond donors (Lipinski definition) is 0. The van der Waals surface area contributed by atoms with Gasteiger partial charge in [-0.25, -0.2) is 9.69 Å². The molecule has 2 rings (SSSR count). The molecule has 7 heteroatoms. The highest BCUT2D eigenvalue weighted by atomic mass is 16.6. The van der Waals surface area contributed by atoms with E-state index in [4.69, 9.17) is 4.74 Å². The fraction of sp³-hybridized carbons (Fsp3) is 0.250. The topological polar surface area (TPSA) is 85.6 Å². The lowest BCUT2D eigenvalue weighted by Crippen LogP contribution is -2.34. The molecule has 23 heavy (non-hydrogen) atoms. The molecule has 0 bridgehead atoms. The number of nitrogens with zero attached hydrogens (tertiary/aromatic N) is 3. The zero-order valence-corrected chi connectivity index (χ0v) is 13.1. The SMILES string of the molecule is CC(C)(C)OC(=O)N(c1ccccc1)c1ccncc1[N+](=O)[O-]. The van der Waals surface area contributed by atoms with Gasteiger partial charge in [-0.1, -0.05) is 18.2 Å². The summed E-state index contributed by atoms with van der Waals surface area (Å²) in [7, 11) is 0. The van der Waals surface area contributed by atoms with Crippen molar-refractivity contribution >= 4 is 23.2 Å². The summed E-state index contributed by atoms with van der Waals surface area (Å²) in [5, 5.41) is 11.3. The summed E-state index contributed by atoms with van der Waals surface area (Å²) >= 11 is 0. The summed E-state index contributed by atoms with van der Waals surface area (Å²) in [6.45, 7) is 5.19. The number of carbonyl (C=O) groups excluding carboxylic acids is 1. The monoisotopic (exact) mass is 315 g/mol. The molecule has 0 atom stereocenters. The van der Waals surface area contributed by atoms with Crippen LogP contribution in [0, 0.1) is 10.1 Å². The van der Waals surface area contributed by atoms with E-state index in [9.17, 15) is 14.9 Å². The molecule has 0 saturated carbocycles. The van der Waals surface area contributed by atoms with E-state index < -0.39 is 16.6 Å². The average Bonchev–Trinajstić information content (AvgIpc) is 2.47. The van der Waals surface area contributed by atoms with E-state index in [0.29, 0.717) is 5.69 Å². The van der Waals surface area contributed by atoms with Gasteiger partial charge in [-0.2, -0.15) is 0 Å². The highest BCUT2D eigenvalue weighted by Crippen LogP contribution is 2.34. The first kappa shape index (κ1) is 16.4. The number of benzene rings is 1. The van der Waals surface area contributed by atoms with E-state index in [2.05, 4.69) is 4.98 Å². The Morgan fingerprint density at radius 1 is 1.22 bits per heavy atom. The van der Waals surface area contributed by atoms with Crippen molar-refractivity contribution in [2.24, 2.45) is 0 Å². The second-order valence-electron chi connectivity index (χ2n) is 5.77. The fourth-order valence-corrected chi connectivity index (χ4v) is 1.94. The van der Waals surface area contributed by atoms with Gasteiger partial charge < -0.3 is 4.74 Å². The number of hydrogen-bond acceptors (Lipinski definition) is 5. The molecule has 0 aliphatic heterocycles. The summed E-state index contributed by atoms with van der Waals surface area (Å²) in [4.78, 5) is 28.2. The van der Waals surface area contributed by atoms with Crippen molar-refractivity contribution < 1.29 is 14.5 Å². The Labute approximate surface area is 133 Å². The maximum atomic E-state index is 12.6. The van der Waals surface area contributed by atoms with E-state index in [-0.39, 0.29) is 11.4 Å². The van der Waals surface area contributed by atoms with Crippen molar-refractivity contribution in [3.05, 3.63) is 58.9 Å². The first-order valence-electron chi connectivity index (χ1n) is 6.96. The summed E-state index contributed by atoms with van der Waals surface area (Å²) in [5.74, 6) is 0. The minimum absolute atomic E-state index is 0.102. The van der Waals surface area contributed by atoms with Gasteiger partial charge in [0.05, 0.1) is 10.6 Å². The maximum Gasteiger partial charge on any atom is 0.419 e. The average molecular weight is 315 g/mol. The smallest absolute Gasteiger partial charge is 0.419 e. The number of rotatable bonds is 3. The lowest BCUT2D eigenvalue weighted by atomic mass is 10.2. The minimum Gasteiger partial charge on any atom is -0.443 e. The van der Waals surface area contributed by atoms with Gasteiger partial charge in [0, 0.05) is 6.20 Å². The van der Waals surface area contributed by atoms with Crippen LogP contribution in [-0.4, -0.2) is 21.6 Å². The third-order valence-electron chi connectivity index (χ3n) is 2.81. The molecule has 0 spiro atoms. The largest absolute Gasteiger partial charge is 0.443 e. The first-order chi connectivity index (χ1) is 10.8. The second-order valence-corrected chi connectivity index (χ2v) is 5.77. The number of para-hydroxylation sites is 1. The molecule has 2 aromatic rings. The zero-order chi connectivity index (χ0) is 17.0. The number of amides is 1. The van der Waals surface area contributed by atoms with Crippen LogP contribution in [0.2, 0.25) is 0 Å². The van der Waals surface area contributed by atoms with Crippen molar-refractivity contribution in [3.8, 4) is 0 Å². The fourth-order valence-electron chi connectivity index (χ4n) is 1.94. The third kappa shape index (κ3) is 4.03. The van der Waals surface area contributed by atoms with Gasteiger partial charge in [0.15, 0.2) is 0 Å². The molecule has 0 aliphatic rings. The molecule has 1 aromatic carbocycles. The summed E-state index contributed by atoms with van der Waals surface area (Å²) < 4.78 is 5.39. The molecule has 0 N–H and O–H groups in total. The highest BCUT2D eigenvalue weighted by Gasteiger charge is 2.29. The highest BCUT2D eigenvalue weighted by molar-refractivity contribution is 5.98. The van der Waals surface area contributed by atoms with Gasteiger partial charge in [0.25, 0.3) is 0 Å². The Balaban J connectivity index is 2.55. The van der Waals surface area contributed by atoms with Gasteiger partial charge >= 0.3 is 11.8 Å². The van der Waals surface area contributed by atoms with Crippen molar-refractivity contribution in [2.45, 2.75) is 26.4 Å². The summed E-state index contributed by atoms with van der Waals surface area (Å²) in [5.41, 5.74) is -0.435. The molecule has 7 nitrogen and oxygen atoms in total. The number of pyridine rings is 1. The quantitative estimate of drug-likeness (QED) is 0.629. The van der Waals surface area contributed by atoms with E-state index >= 15 is 0 Å². The molecule has 0 radical (unpaired) electrons. The standard InChI is InChI=1S/C16H17N3O4/c1-16(2,3)23-15(20)18(12-7-5-4-6-8-12)13-9-10-17-11-14(13)19(21)22/h4-11H,1-3H3. The van der Waals surface area contributed by atoms with Crippen LogP contribution in [0.1, 0.15) is 20.8 Å². The number of anilines is 2.